The van der Waals surface area contributed by atoms with Gasteiger partial charge >= 0.3 is 11.9 Å². The summed E-state index contributed by atoms with van der Waals surface area (Å²) in [6.45, 7) is 7.46. The Morgan fingerprint density at radius 2 is 1.63 bits per heavy atom. The summed E-state index contributed by atoms with van der Waals surface area (Å²) in [7, 11) is 0. The van der Waals surface area contributed by atoms with Crippen molar-refractivity contribution in [2.45, 2.75) is 46.0 Å². The second kappa shape index (κ2) is 12.5. The molecule has 2 N–H and O–H groups in total. The highest BCUT2D eigenvalue weighted by molar-refractivity contribution is 7.98. The molecule has 0 spiro atoms. The molecule has 0 aliphatic carbocycles. The maximum Gasteiger partial charge on any atom is 0.416 e. The number of anilines is 1. The first-order valence-corrected chi connectivity index (χ1v) is 14.6. The first kappa shape index (κ1) is 31.5. The number of alkyl halides is 3. The minimum Gasteiger partial charge on any atom is -0.346 e. The second-order valence-electron chi connectivity index (χ2n) is 10.7. The number of halogens is 3. The molecular formula is C30H31F3N6O3S. The highest BCUT2D eigenvalue weighted by Gasteiger charge is 2.30. The number of amides is 2. The predicted molar refractivity (Wildman–Crippen MR) is 160 cm³/mol. The van der Waals surface area contributed by atoms with Crippen LogP contribution in [0.4, 0.5) is 18.9 Å². The van der Waals surface area contributed by atoms with Crippen LogP contribution in [0.15, 0.2) is 65.5 Å². The Hall–Kier alpha value is -4.39. The minimum absolute atomic E-state index is 0.0442. The summed E-state index contributed by atoms with van der Waals surface area (Å²) in [4.78, 5) is 39.4. The number of nitrogens with one attached hydrogen (secondary N) is 2. The maximum atomic E-state index is 13.3. The third kappa shape index (κ3) is 7.34. The van der Waals surface area contributed by atoms with E-state index in [-0.39, 0.29) is 23.7 Å². The van der Waals surface area contributed by atoms with Gasteiger partial charge in [-0.3, -0.25) is 9.59 Å². The van der Waals surface area contributed by atoms with Crippen molar-refractivity contribution >= 4 is 29.3 Å². The van der Waals surface area contributed by atoms with E-state index in [4.69, 9.17) is 0 Å². The maximum absolute atomic E-state index is 13.3. The first-order chi connectivity index (χ1) is 20.2. The Labute approximate surface area is 250 Å². The van der Waals surface area contributed by atoms with Crippen molar-refractivity contribution in [3.63, 3.8) is 0 Å². The van der Waals surface area contributed by atoms with Crippen LogP contribution in [0.25, 0.3) is 5.69 Å². The van der Waals surface area contributed by atoms with E-state index < -0.39 is 28.9 Å². The van der Waals surface area contributed by atoms with Crippen LogP contribution in [-0.2, 0) is 12.7 Å². The van der Waals surface area contributed by atoms with E-state index in [0.29, 0.717) is 33.7 Å². The van der Waals surface area contributed by atoms with Gasteiger partial charge in [-0.2, -0.15) is 34.3 Å². The molecule has 0 aliphatic rings. The van der Waals surface area contributed by atoms with Crippen molar-refractivity contribution in [2.24, 2.45) is 0 Å². The smallest absolute Gasteiger partial charge is 0.346 e. The lowest BCUT2D eigenvalue weighted by Crippen LogP contribution is -2.46. The lowest BCUT2D eigenvalue weighted by Gasteiger charge is -2.26. The molecule has 3 aromatic carbocycles. The number of benzene rings is 3. The van der Waals surface area contributed by atoms with Crippen molar-refractivity contribution in [3.8, 4) is 5.69 Å². The number of carbonyl (C=O) groups excluding carboxylic acids is 2. The van der Waals surface area contributed by atoms with E-state index >= 15 is 0 Å². The summed E-state index contributed by atoms with van der Waals surface area (Å²) in [6.07, 6.45) is -2.54. The van der Waals surface area contributed by atoms with Crippen LogP contribution in [-0.4, -0.2) is 49.2 Å². The standard InChI is InChI=1S/C30H31F3N6O3S/c1-18-7-6-8-23(25(18)27(41)35-29(3,4)17-43-5)26(40)34-24-14-9-20(15-19(24)2)16-38-28(42)39(37-36-38)22-12-10-21(11-13-22)30(31,32)33/h6-15H,16-17H2,1-5H3,(H,34,40)(H,35,41). The van der Waals surface area contributed by atoms with Gasteiger partial charge in [-0.1, -0.05) is 24.3 Å². The zero-order chi connectivity index (χ0) is 31.5. The molecule has 0 atom stereocenters. The zero-order valence-electron chi connectivity index (χ0n) is 24.2. The molecule has 0 aliphatic heterocycles. The number of aryl methyl sites for hydroxylation is 2. The van der Waals surface area contributed by atoms with E-state index in [1.807, 2.05) is 20.1 Å². The second-order valence-corrected chi connectivity index (χ2v) is 11.6. The third-order valence-corrected chi connectivity index (χ3v) is 7.66. The molecule has 1 aromatic heterocycles. The Kier molecular flexibility index (Phi) is 9.14. The van der Waals surface area contributed by atoms with E-state index in [1.54, 1.807) is 62.0 Å². The van der Waals surface area contributed by atoms with Crippen LogP contribution in [0.3, 0.4) is 0 Å². The molecule has 0 saturated carbocycles. The van der Waals surface area contributed by atoms with Gasteiger partial charge in [-0.05, 0) is 97.5 Å². The molecule has 2 amide bonds. The van der Waals surface area contributed by atoms with Crippen molar-refractivity contribution in [3.05, 3.63) is 105 Å². The lowest BCUT2D eigenvalue weighted by molar-refractivity contribution is -0.137. The SMILES string of the molecule is CSCC(C)(C)NC(=O)c1c(C)cccc1C(=O)Nc1ccc(Cn2nnn(-c3ccc(C(F)(F)F)cc3)c2=O)cc1C. The van der Waals surface area contributed by atoms with Crippen LogP contribution < -0.4 is 16.3 Å². The Morgan fingerprint density at radius 1 is 0.930 bits per heavy atom. The molecule has 13 heteroatoms. The van der Waals surface area contributed by atoms with Crippen LogP contribution in [0.2, 0.25) is 0 Å². The number of nitrogens with zero attached hydrogens (tertiary/aromatic N) is 4. The largest absolute Gasteiger partial charge is 0.416 e. The number of rotatable bonds is 9. The summed E-state index contributed by atoms with van der Waals surface area (Å²) < 4.78 is 40.6. The van der Waals surface area contributed by atoms with E-state index in [1.165, 1.54) is 0 Å². The van der Waals surface area contributed by atoms with Gasteiger partial charge in [0.1, 0.15) is 0 Å². The molecule has 1 heterocycles. The summed E-state index contributed by atoms with van der Waals surface area (Å²) in [5, 5.41) is 13.5. The molecule has 0 saturated heterocycles. The average Bonchev–Trinajstić information content (AvgIpc) is 3.28. The van der Waals surface area contributed by atoms with Gasteiger partial charge in [0.2, 0.25) is 0 Å². The molecule has 0 radical (unpaired) electrons. The molecule has 0 fully saturated rings. The van der Waals surface area contributed by atoms with Crippen molar-refractivity contribution in [1.29, 1.82) is 0 Å². The molecule has 0 bridgehead atoms. The predicted octanol–water partition coefficient (Wildman–Crippen LogP) is 5.24. The number of hydrogen-bond donors (Lipinski definition) is 2. The molecule has 226 valence electrons. The van der Waals surface area contributed by atoms with Gasteiger partial charge in [0, 0.05) is 17.0 Å². The number of tetrazole rings is 1. The van der Waals surface area contributed by atoms with E-state index in [9.17, 15) is 27.6 Å². The fourth-order valence-corrected chi connectivity index (χ4v) is 5.37. The van der Waals surface area contributed by atoms with E-state index in [2.05, 4.69) is 21.1 Å². The Bertz CT molecular complexity index is 1710. The summed E-state index contributed by atoms with van der Waals surface area (Å²) >= 11 is 1.61. The Morgan fingerprint density at radius 3 is 2.26 bits per heavy atom. The highest BCUT2D eigenvalue weighted by Crippen LogP contribution is 2.29. The van der Waals surface area contributed by atoms with Crippen LogP contribution in [0, 0.1) is 13.8 Å². The zero-order valence-corrected chi connectivity index (χ0v) is 25.1. The monoisotopic (exact) mass is 612 g/mol. The van der Waals surface area contributed by atoms with Crippen molar-refractivity contribution in [1.82, 2.24) is 25.1 Å². The Balaban J connectivity index is 1.50. The molecule has 4 aromatic rings. The summed E-state index contributed by atoms with van der Waals surface area (Å²) in [5.74, 6) is -0.0675. The quantitative estimate of drug-likeness (QED) is 0.268. The number of aromatic nitrogens is 4. The van der Waals surface area contributed by atoms with Crippen molar-refractivity contribution < 1.29 is 22.8 Å². The fraction of sp³-hybridized carbons (Fsp3) is 0.300. The number of carbonyl (C=O) groups is 2. The van der Waals surface area contributed by atoms with Gasteiger partial charge in [0.05, 0.1) is 28.9 Å². The van der Waals surface area contributed by atoms with Crippen LogP contribution in [0.1, 0.15) is 56.8 Å². The number of hydrogen-bond acceptors (Lipinski definition) is 6. The van der Waals surface area contributed by atoms with Crippen molar-refractivity contribution in [2.75, 3.05) is 17.3 Å². The molecular weight excluding hydrogens is 581 g/mol. The van der Waals surface area contributed by atoms with Gasteiger partial charge in [0.15, 0.2) is 0 Å². The van der Waals surface area contributed by atoms with Gasteiger partial charge in [-0.25, -0.2) is 4.79 Å². The molecule has 9 nitrogen and oxygen atoms in total. The highest BCUT2D eigenvalue weighted by atomic mass is 32.2. The summed E-state index contributed by atoms with van der Waals surface area (Å²) in [6, 6.07) is 14.3. The minimum atomic E-state index is -4.49. The summed E-state index contributed by atoms with van der Waals surface area (Å²) in [5.41, 5.74) is 1.35. The fourth-order valence-electron chi connectivity index (χ4n) is 4.58. The van der Waals surface area contributed by atoms with E-state index in [0.717, 1.165) is 33.6 Å². The molecule has 4 rings (SSSR count). The van der Waals surface area contributed by atoms with Gasteiger partial charge < -0.3 is 10.6 Å². The topological polar surface area (TPSA) is 111 Å². The third-order valence-electron chi connectivity index (χ3n) is 6.65. The first-order valence-electron chi connectivity index (χ1n) is 13.2. The van der Waals surface area contributed by atoms with Gasteiger partial charge in [-0.15, -0.1) is 0 Å². The lowest BCUT2D eigenvalue weighted by atomic mass is 9.98. The van der Waals surface area contributed by atoms with Gasteiger partial charge in [0.25, 0.3) is 11.8 Å². The van der Waals surface area contributed by atoms with Crippen LogP contribution >= 0.6 is 11.8 Å². The number of thioether (sulfide) groups is 1. The normalized spacial score (nSPS) is 11.8. The molecule has 0 unspecified atom stereocenters. The van der Waals surface area contributed by atoms with Crippen LogP contribution in [0.5, 0.6) is 0 Å². The average molecular weight is 613 g/mol. The molecule has 43 heavy (non-hydrogen) atoms.